The minimum Gasteiger partial charge on any atom is -0.463 e. The topological polar surface area (TPSA) is 101 Å². The molecule has 1 aliphatic heterocycles. The summed E-state index contributed by atoms with van der Waals surface area (Å²) in [5.41, 5.74) is 0. The van der Waals surface area contributed by atoms with Crippen LogP contribution in [-0.4, -0.2) is 88.7 Å². The van der Waals surface area contributed by atoms with Crippen LogP contribution < -0.4 is 0 Å². The van der Waals surface area contributed by atoms with Gasteiger partial charge < -0.3 is 23.7 Å². The van der Waals surface area contributed by atoms with Gasteiger partial charge in [-0.1, -0.05) is 32.6 Å². The van der Waals surface area contributed by atoms with Crippen molar-refractivity contribution < 1.29 is 38.1 Å². The molecule has 0 bridgehead atoms. The molecule has 9 nitrogen and oxygen atoms in total. The van der Waals surface area contributed by atoms with Gasteiger partial charge in [0.15, 0.2) is 0 Å². The zero-order chi connectivity index (χ0) is 22.6. The van der Waals surface area contributed by atoms with Gasteiger partial charge >= 0.3 is 5.97 Å². The first-order valence-electron chi connectivity index (χ1n) is 11.1. The molecule has 0 atom stereocenters. The Hall–Kier alpha value is -1.81. The Labute approximate surface area is 185 Å². The van der Waals surface area contributed by atoms with Gasteiger partial charge in [-0.3, -0.25) is 19.3 Å². The molecule has 0 saturated carbocycles. The fraction of sp³-hybridized carbons (Fsp3) is 0.773. The Morgan fingerprint density at radius 1 is 0.710 bits per heavy atom. The van der Waals surface area contributed by atoms with Gasteiger partial charge in [-0.25, -0.2) is 0 Å². The van der Waals surface area contributed by atoms with Gasteiger partial charge in [-0.15, -0.1) is 0 Å². The number of esters is 1. The zero-order valence-corrected chi connectivity index (χ0v) is 18.7. The van der Waals surface area contributed by atoms with Crippen molar-refractivity contribution in [3.05, 3.63) is 12.2 Å². The maximum atomic E-state index is 11.5. The summed E-state index contributed by atoms with van der Waals surface area (Å²) in [5, 5.41) is 0. The summed E-state index contributed by atoms with van der Waals surface area (Å²) in [6.45, 7) is 5.86. The highest BCUT2D eigenvalue weighted by Gasteiger charge is 2.22. The highest BCUT2D eigenvalue weighted by atomic mass is 16.6. The molecule has 2 amide bonds. The third kappa shape index (κ3) is 14.8. The second kappa shape index (κ2) is 18.9. The molecule has 0 aromatic heterocycles. The van der Waals surface area contributed by atoms with Gasteiger partial charge in [0, 0.05) is 18.6 Å². The fourth-order valence-electron chi connectivity index (χ4n) is 2.73. The number of hydrogen-bond donors (Lipinski definition) is 0. The van der Waals surface area contributed by atoms with Crippen molar-refractivity contribution in [1.82, 2.24) is 4.90 Å². The molecule has 0 N–H and O–H groups in total. The molecule has 9 heteroatoms. The Kier molecular flexibility index (Phi) is 16.6. The Morgan fingerprint density at radius 2 is 1.19 bits per heavy atom. The molecule has 0 spiro atoms. The lowest BCUT2D eigenvalue weighted by atomic mass is 10.1. The smallest absolute Gasteiger partial charge is 0.305 e. The summed E-state index contributed by atoms with van der Waals surface area (Å²) < 4.78 is 26.5. The SMILES string of the molecule is CCCCCCCC(=O)OCCOCCOCCOCCOCCN1C(=O)C=CC1=O. The summed E-state index contributed by atoms with van der Waals surface area (Å²) in [4.78, 5) is 35.3. The Balaban J connectivity index is 1.74. The average molecular weight is 444 g/mol. The van der Waals surface area contributed by atoms with Crippen LogP contribution in [0, 0.1) is 0 Å². The molecule has 0 aromatic rings. The van der Waals surface area contributed by atoms with Gasteiger partial charge in [-0.05, 0) is 6.42 Å². The Bertz CT molecular complexity index is 520. The first-order chi connectivity index (χ1) is 15.1. The van der Waals surface area contributed by atoms with E-state index in [4.69, 9.17) is 23.7 Å². The highest BCUT2D eigenvalue weighted by Crippen LogP contribution is 2.05. The summed E-state index contributed by atoms with van der Waals surface area (Å²) in [7, 11) is 0. The number of carbonyl (C=O) groups is 3. The molecule has 0 aliphatic carbocycles. The van der Waals surface area contributed by atoms with E-state index in [2.05, 4.69) is 6.92 Å². The second-order valence-electron chi connectivity index (χ2n) is 7.00. The predicted octanol–water partition coefficient (Wildman–Crippen LogP) is 1.88. The molecular formula is C22H37NO8. The van der Waals surface area contributed by atoms with E-state index in [0.29, 0.717) is 52.7 Å². The first-order valence-corrected chi connectivity index (χ1v) is 11.1. The van der Waals surface area contributed by atoms with Crippen LogP contribution in [0.4, 0.5) is 0 Å². The van der Waals surface area contributed by atoms with Crippen LogP contribution in [-0.2, 0) is 38.1 Å². The van der Waals surface area contributed by atoms with Crippen LogP contribution in [0.15, 0.2) is 12.2 Å². The van der Waals surface area contributed by atoms with E-state index in [1.165, 1.54) is 31.4 Å². The van der Waals surface area contributed by atoms with Crippen LogP contribution in [0.1, 0.15) is 45.4 Å². The molecule has 178 valence electrons. The second-order valence-corrected chi connectivity index (χ2v) is 7.00. The van der Waals surface area contributed by atoms with Crippen LogP contribution in [0.5, 0.6) is 0 Å². The van der Waals surface area contributed by atoms with E-state index in [1.54, 1.807) is 0 Å². The molecule has 1 aliphatic rings. The molecule has 1 heterocycles. The lowest BCUT2D eigenvalue weighted by Crippen LogP contribution is -2.33. The fourth-order valence-corrected chi connectivity index (χ4v) is 2.73. The van der Waals surface area contributed by atoms with E-state index in [0.717, 1.165) is 17.7 Å². The number of ether oxygens (including phenoxy) is 5. The van der Waals surface area contributed by atoms with Gasteiger partial charge in [0.25, 0.3) is 11.8 Å². The van der Waals surface area contributed by atoms with Crippen molar-refractivity contribution in [2.45, 2.75) is 45.4 Å². The third-order valence-electron chi connectivity index (χ3n) is 4.45. The molecule has 31 heavy (non-hydrogen) atoms. The van der Waals surface area contributed by atoms with Crippen molar-refractivity contribution in [2.75, 3.05) is 66.0 Å². The van der Waals surface area contributed by atoms with Gasteiger partial charge in [0.1, 0.15) is 6.61 Å². The van der Waals surface area contributed by atoms with Crippen molar-refractivity contribution in [3.8, 4) is 0 Å². The van der Waals surface area contributed by atoms with Crippen LogP contribution in [0.25, 0.3) is 0 Å². The van der Waals surface area contributed by atoms with Crippen molar-refractivity contribution in [1.29, 1.82) is 0 Å². The Morgan fingerprint density at radius 3 is 1.74 bits per heavy atom. The first kappa shape index (κ1) is 27.2. The van der Waals surface area contributed by atoms with Gasteiger partial charge in [-0.2, -0.15) is 0 Å². The van der Waals surface area contributed by atoms with E-state index in [-0.39, 0.29) is 37.5 Å². The molecule has 0 saturated heterocycles. The maximum Gasteiger partial charge on any atom is 0.305 e. The monoisotopic (exact) mass is 443 g/mol. The van der Waals surface area contributed by atoms with Crippen LogP contribution in [0.2, 0.25) is 0 Å². The van der Waals surface area contributed by atoms with E-state index in [1.807, 2.05) is 0 Å². The molecule has 0 fully saturated rings. The zero-order valence-electron chi connectivity index (χ0n) is 18.7. The summed E-state index contributed by atoms with van der Waals surface area (Å²) in [6, 6.07) is 0. The quantitative estimate of drug-likeness (QED) is 0.151. The summed E-state index contributed by atoms with van der Waals surface area (Å²) in [6.07, 6.45) is 8.54. The largest absolute Gasteiger partial charge is 0.463 e. The molecule has 0 unspecified atom stereocenters. The van der Waals surface area contributed by atoms with Crippen LogP contribution in [0.3, 0.4) is 0 Å². The molecule has 0 aromatic carbocycles. The molecule has 1 rings (SSSR count). The van der Waals surface area contributed by atoms with Gasteiger partial charge in [0.2, 0.25) is 0 Å². The number of unbranched alkanes of at least 4 members (excludes halogenated alkanes) is 4. The minimum absolute atomic E-state index is 0.160. The van der Waals surface area contributed by atoms with Crippen molar-refractivity contribution in [2.24, 2.45) is 0 Å². The average Bonchev–Trinajstić information content (AvgIpc) is 3.08. The van der Waals surface area contributed by atoms with Crippen LogP contribution >= 0.6 is 0 Å². The number of imide groups is 1. The number of nitrogens with zero attached hydrogens (tertiary/aromatic N) is 1. The van der Waals surface area contributed by atoms with E-state index in [9.17, 15) is 14.4 Å². The third-order valence-corrected chi connectivity index (χ3v) is 4.45. The van der Waals surface area contributed by atoms with E-state index >= 15 is 0 Å². The number of rotatable bonds is 21. The van der Waals surface area contributed by atoms with Crippen molar-refractivity contribution in [3.63, 3.8) is 0 Å². The lowest BCUT2D eigenvalue weighted by molar-refractivity contribution is -0.145. The number of hydrogen-bond acceptors (Lipinski definition) is 8. The standard InChI is InChI=1S/C22H37NO8/c1-2-3-4-5-6-7-22(26)31-19-18-30-17-16-29-15-14-28-13-12-27-11-10-23-20(24)8-9-21(23)25/h8-9H,2-7,10-19H2,1H3. The molecule has 0 radical (unpaired) electrons. The lowest BCUT2D eigenvalue weighted by Gasteiger charge is -2.13. The van der Waals surface area contributed by atoms with Crippen molar-refractivity contribution >= 4 is 17.8 Å². The van der Waals surface area contributed by atoms with Gasteiger partial charge in [0.05, 0.1) is 59.4 Å². The normalized spacial score (nSPS) is 13.4. The predicted molar refractivity (Wildman–Crippen MR) is 113 cm³/mol. The van der Waals surface area contributed by atoms with E-state index < -0.39 is 0 Å². The summed E-state index contributed by atoms with van der Waals surface area (Å²) >= 11 is 0. The number of carbonyl (C=O) groups excluding carboxylic acids is 3. The highest BCUT2D eigenvalue weighted by molar-refractivity contribution is 6.12. The maximum absolute atomic E-state index is 11.5. The molecular weight excluding hydrogens is 406 g/mol. The minimum atomic E-state index is -0.305. The summed E-state index contributed by atoms with van der Waals surface area (Å²) in [5.74, 6) is -0.771. The number of amides is 2.